The van der Waals surface area contributed by atoms with E-state index in [9.17, 15) is 4.79 Å². The minimum Gasteiger partial charge on any atom is -0.488 e. The fourth-order valence-electron chi connectivity index (χ4n) is 10.1. The van der Waals surface area contributed by atoms with Crippen LogP contribution in [0.15, 0.2) is 36.4 Å². The molecule has 0 aliphatic heterocycles. The summed E-state index contributed by atoms with van der Waals surface area (Å²) < 4.78 is 12.2. The van der Waals surface area contributed by atoms with E-state index in [2.05, 4.69) is 60.6 Å². The normalized spacial score (nSPS) is 25.8. The lowest BCUT2D eigenvalue weighted by Crippen LogP contribution is -2.25. The van der Waals surface area contributed by atoms with Crippen molar-refractivity contribution < 1.29 is 14.3 Å². The number of hydrogen-bond donors (Lipinski definition) is 0. The van der Waals surface area contributed by atoms with E-state index in [0.717, 1.165) is 11.5 Å². The maximum atomic E-state index is 12.2. The molecule has 0 amide bonds. The standard InChI is InChI=1S/C49H78O3/c1-9-32-48(7)34-26-24-22-20-18-16-14-12-13-15-17-19-21-23-25-27-42-44(49(42,11-3)33-10-2)41-35-40(47(4,5)6)36-43(48)45(41)52-37-38-28-30-39(31-29-38)46(50)51-8/h28-31,35-36,42,44H,9-27,32-34,37H2,1-8H3. The van der Waals surface area contributed by atoms with Crippen molar-refractivity contribution >= 4 is 5.97 Å². The van der Waals surface area contributed by atoms with Crippen LogP contribution >= 0.6 is 0 Å². The third kappa shape index (κ3) is 11.1. The van der Waals surface area contributed by atoms with E-state index >= 15 is 0 Å². The van der Waals surface area contributed by atoms with Crippen LogP contribution in [0.5, 0.6) is 5.75 Å². The molecule has 4 unspecified atom stereocenters. The molecule has 3 nitrogen and oxygen atoms in total. The van der Waals surface area contributed by atoms with Crippen molar-refractivity contribution in [1.29, 1.82) is 0 Å². The number of hydrogen-bond acceptors (Lipinski definition) is 3. The molecule has 4 atom stereocenters. The van der Waals surface area contributed by atoms with E-state index in [1.54, 1.807) is 0 Å². The van der Waals surface area contributed by atoms with E-state index < -0.39 is 0 Å². The SMILES string of the molecule is CCCC1(C)CCCCCCCCCCCCCCCCCC2C(c3cc(C(C)(C)C)cc1c3OCc1ccc(C(=O)OC)cc1)C2(CC)CCC. The first kappa shape index (κ1) is 42.5. The summed E-state index contributed by atoms with van der Waals surface area (Å²) in [5.41, 5.74) is 6.54. The maximum absolute atomic E-state index is 12.2. The predicted octanol–water partition coefficient (Wildman–Crippen LogP) is 15.0. The van der Waals surface area contributed by atoms with Gasteiger partial charge in [-0.15, -0.1) is 0 Å². The summed E-state index contributed by atoms with van der Waals surface area (Å²) in [6.45, 7) is 17.5. The Morgan fingerprint density at radius 3 is 1.79 bits per heavy atom. The van der Waals surface area contributed by atoms with Crippen molar-refractivity contribution in [3.05, 3.63) is 64.2 Å². The Morgan fingerprint density at radius 1 is 0.750 bits per heavy atom. The van der Waals surface area contributed by atoms with Gasteiger partial charge in [-0.2, -0.15) is 0 Å². The van der Waals surface area contributed by atoms with Crippen LogP contribution in [0.1, 0.15) is 228 Å². The number of benzene rings is 2. The number of rotatable bonds is 9. The first-order valence-corrected chi connectivity index (χ1v) is 22.0. The Labute approximate surface area is 320 Å². The third-order valence-corrected chi connectivity index (χ3v) is 13.3. The van der Waals surface area contributed by atoms with Gasteiger partial charge in [-0.3, -0.25) is 0 Å². The molecule has 0 saturated heterocycles. The molecule has 2 aliphatic rings. The van der Waals surface area contributed by atoms with Crippen molar-refractivity contribution in [2.24, 2.45) is 11.3 Å². The van der Waals surface area contributed by atoms with Gasteiger partial charge in [-0.25, -0.2) is 4.79 Å². The molecule has 0 heterocycles. The van der Waals surface area contributed by atoms with Crippen molar-refractivity contribution in [3.8, 4) is 5.75 Å². The Kier molecular flexibility index (Phi) is 16.7. The Balaban J connectivity index is 1.80. The molecule has 0 spiro atoms. The summed E-state index contributed by atoms with van der Waals surface area (Å²) in [6, 6.07) is 13.0. The summed E-state index contributed by atoms with van der Waals surface area (Å²) in [6.07, 6.45) is 29.5. The largest absolute Gasteiger partial charge is 0.488 e. The van der Waals surface area contributed by atoms with Gasteiger partial charge in [0.05, 0.1) is 12.7 Å². The molecule has 292 valence electrons. The van der Waals surface area contributed by atoms with E-state index in [0.29, 0.717) is 23.5 Å². The molecule has 0 aromatic heterocycles. The lowest BCUT2D eigenvalue weighted by molar-refractivity contribution is 0.0600. The quantitative estimate of drug-likeness (QED) is 0.243. The summed E-state index contributed by atoms with van der Waals surface area (Å²) in [7, 11) is 1.44. The van der Waals surface area contributed by atoms with Gasteiger partial charge in [0.1, 0.15) is 12.4 Å². The molecule has 2 aromatic carbocycles. The molecule has 1 fully saturated rings. The molecule has 2 bridgehead atoms. The number of ether oxygens (including phenoxy) is 2. The van der Waals surface area contributed by atoms with Crippen LogP contribution in [0.2, 0.25) is 0 Å². The average molecular weight is 715 g/mol. The first-order valence-electron chi connectivity index (χ1n) is 22.0. The van der Waals surface area contributed by atoms with Crippen molar-refractivity contribution in [1.82, 2.24) is 0 Å². The minimum absolute atomic E-state index is 0.0482. The lowest BCUT2D eigenvalue weighted by Gasteiger charge is -2.35. The fourth-order valence-corrected chi connectivity index (χ4v) is 10.1. The highest BCUT2D eigenvalue weighted by Gasteiger charge is 2.63. The third-order valence-electron chi connectivity index (χ3n) is 13.3. The zero-order valence-corrected chi connectivity index (χ0v) is 35.1. The first-order chi connectivity index (χ1) is 25.0. The predicted molar refractivity (Wildman–Crippen MR) is 222 cm³/mol. The second-order valence-electron chi connectivity index (χ2n) is 18.2. The molecule has 4 rings (SSSR count). The highest BCUT2D eigenvalue weighted by Crippen LogP contribution is 2.72. The highest BCUT2D eigenvalue weighted by molar-refractivity contribution is 5.89. The van der Waals surface area contributed by atoms with E-state index in [1.807, 2.05) is 24.3 Å². The maximum Gasteiger partial charge on any atom is 0.337 e. The summed E-state index contributed by atoms with van der Waals surface area (Å²) in [4.78, 5) is 12.2. The smallest absolute Gasteiger partial charge is 0.337 e. The fraction of sp³-hybridized carbons (Fsp3) is 0.735. The molecular weight excluding hydrogens is 637 g/mol. The second kappa shape index (κ2) is 20.4. The summed E-state index contributed by atoms with van der Waals surface area (Å²) in [5, 5.41) is 0. The van der Waals surface area contributed by atoms with Crippen LogP contribution < -0.4 is 4.74 Å². The van der Waals surface area contributed by atoms with Crippen molar-refractivity contribution in [2.75, 3.05) is 7.11 Å². The molecular formula is C49H78O3. The van der Waals surface area contributed by atoms with Gasteiger partial charge >= 0.3 is 5.97 Å². The van der Waals surface area contributed by atoms with Crippen LogP contribution in [-0.4, -0.2) is 13.1 Å². The molecule has 52 heavy (non-hydrogen) atoms. The van der Waals surface area contributed by atoms with Crippen molar-refractivity contribution in [3.63, 3.8) is 0 Å². The number of esters is 1. The molecule has 0 N–H and O–H groups in total. The van der Waals surface area contributed by atoms with Gasteiger partial charge in [-0.05, 0) is 89.0 Å². The van der Waals surface area contributed by atoms with Crippen LogP contribution in [0, 0.1) is 11.3 Å². The van der Waals surface area contributed by atoms with E-state index in [4.69, 9.17) is 9.47 Å². The van der Waals surface area contributed by atoms with Gasteiger partial charge < -0.3 is 9.47 Å². The summed E-state index contributed by atoms with van der Waals surface area (Å²) >= 11 is 0. The van der Waals surface area contributed by atoms with Gasteiger partial charge in [0, 0.05) is 5.56 Å². The van der Waals surface area contributed by atoms with Crippen LogP contribution in [0.3, 0.4) is 0 Å². The van der Waals surface area contributed by atoms with Crippen LogP contribution in [0.4, 0.5) is 0 Å². The molecule has 2 aromatic rings. The second-order valence-corrected chi connectivity index (χ2v) is 18.2. The van der Waals surface area contributed by atoms with E-state index in [-0.39, 0.29) is 16.8 Å². The molecule has 1 saturated carbocycles. The molecule has 0 radical (unpaired) electrons. The van der Waals surface area contributed by atoms with Gasteiger partial charge in [0.2, 0.25) is 0 Å². The Morgan fingerprint density at radius 2 is 1.29 bits per heavy atom. The number of carbonyl (C=O) groups excluding carboxylic acids is 1. The van der Waals surface area contributed by atoms with Crippen LogP contribution in [0.25, 0.3) is 0 Å². The highest BCUT2D eigenvalue weighted by atomic mass is 16.5. The topological polar surface area (TPSA) is 35.5 Å². The molecule has 2 aliphatic carbocycles. The summed E-state index contributed by atoms with van der Waals surface area (Å²) in [5.74, 6) is 2.15. The monoisotopic (exact) mass is 715 g/mol. The lowest BCUT2D eigenvalue weighted by atomic mass is 9.71. The Bertz CT molecular complexity index is 1350. The van der Waals surface area contributed by atoms with Gasteiger partial charge in [0.15, 0.2) is 0 Å². The number of carbonyl (C=O) groups is 1. The Hall–Kier alpha value is -2.29. The van der Waals surface area contributed by atoms with E-state index in [1.165, 1.54) is 171 Å². The number of methoxy groups -OCH3 is 1. The van der Waals surface area contributed by atoms with Crippen LogP contribution in [-0.2, 0) is 22.2 Å². The van der Waals surface area contributed by atoms with Crippen molar-refractivity contribution in [2.45, 2.75) is 213 Å². The zero-order chi connectivity index (χ0) is 37.6. The molecule has 3 heteroatoms. The zero-order valence-electron chi connectivity index (χ0n) is 35.1. The number of fused-ring (bicyclic) bond motifs is 4. The average Bonchev–Trinajstić information content (AvgIpc) is 3.76. The van der Waals surface area contributed by atoms with Gasteiger partial charge in [0.25, 0.3) is 0 Å². The van der Waals surface area contributed by atoms with Gasteiger partial charge in [-0.1, -0.05) is 182 Å². The minimum atomic E-state index is -0.296.